The number of aliphatic carboxylic acids is 1. The SMILES string of the molecule is C=CCOC(=O)C(N1C(=O)[C@H]([C@@H](C)O[Si](C)(C)C(C)(C)C)[C@H]1CC(=O)c1ccc(CC(=O)O)c(Cl)c1)=P(c1ccccc1)(c1ccccc1)c1ccccc1. The predicted molar refractivity (Wildman–Crippen MR) is 225 cm³/mol. The third-order valence-electron chi connectivity index (χ3n) is 10.7. The van der Waals surface area contributed by atoms with E-state index in [1.54, 1.807) is 6.07 Å². The first kappa shape index (κ1) is 41.6. The summed E-state index contributed by atoms with van der Waals surface area (Å²) in [7, 11) is -2.41. The Morgan fingerprint density at radius 2 is 1.42 bits per heavy atom. The van der Waals surface area contributed by atoms with E-state index in [9.17, 15) is 19.5 Å². The topological polar surface area (TPSA) is 110 Å². The van der Waals surface area contributed by atoms with Crippen LogP contribution in [-0.2, 0) is 30.0 Å². The second-order valence-corrected chi connectivity index (χ2v) is 23.8. The second kappa shape index (κ2) is 17.1. The van der Waals surface area contributed by atoms with E-state index in [1.165, 1.54) is 23.1 Å². The number of rotatable bonds is 15. The van der Waals surface area contributed by atoms with Crippen molar-refractivity contribution in [3.8, 4) is 0 Å². The molecule has 1 heterocycles. The van der Waals surface area contributed by atoms with Gasteiger partial charge in [-0.25, -0.2) is 4.79 Å². The van der Waals surface area contributed by atoms with Crippen LogP contribution in [0.4, 0.5) is 0 Å². The summed E-state index contributed by atoms with van der Waals surface area (Å²) in [5.74, 6) is -3.16. The molecule has 1 amide bonds. The van der Waals surface area contributed by atoms with Crippen LogP contribution >= 0.6 is 18.5 Å². The van der Waals surface area contributed by atoms with Gasteiger partial charge in [-0.3, -0.25) is 14.4 Å². The highest BCUT2D eigenvalue weighted by molar-refractivity contribution is 7.96. The Balaban J connectivity index is 1.81. The monoisotopic (exact) mass is 797 g/mol. The zero-order chi connectivity index (χ0) is 40.1. The summed E-state index contributed by atoms with van der Waals surface area (Å²) in [5.41, 5.74) is 0.803. The molecule has 0 unspecified atom stereocenters. The molecule has 0 aromatic heterocycles. The van der Waals surface area contributed by atoms with Crippen LogP contribution in [0.3, 0.4) is 0 Å². The molecule has 0 saturated carbocycles. The number of carbonyl (C=O) groups excluding carboxylic acids is 3. The van der Waals surface area contributed by atoms with Crippen molar-refractivity contribution in [2.45, 2.75) is 70.8 Å². The third-order valence-corrected chi connectivity index (χ3v) is 19.8. The van der Waals surface area contributed by atoms with Gasteiger partial charge in [0.2, 0.25) is 5.91 Å². The molecule has 0 radical (unpaired) electrons. The summed E-state index contributed by atoms with van der Waals surface area (Å²) in [5, 5.41) is 11.8. The number of likely N-dealkylation sites (tertiary alicyclic amines) is 1. The number of esters is 1. The number of benzene rings is 4. The van der Waals surface area contributed by atoms with Crippen LogP contribution in [0.15, 0.2) is 122 Å². The lowest BCUT2D eigenvalue weighted by atomic mass is 9.79. The molecule has 1 aliphatic heterocycles. The molecule has 4 aromatic rings. The molecule has 0 bridgehead atoms. The van der Waals surface area contributed by atoms with Crippen molar-refractivity contribution in [2.75, 3.05) is 6.61 Å². The van der Waals surface area contributed by atoms with Gasteiger partial charge in [0, 0.05) is 23.9 Å². The Morgan fingerprint density at radius 1 is 0.909 bits per heavy atom. The summed E-state index contributed by atoms with van der Waals surface area (Å²) in [6.45, 7) is 12.9. The maximum absolute atomic E-state index is 15.1. The van der Waals surface area contributed by atoms with Gasteiger partial charge in [-0.2, -0.15) is 0 Å². The van der Waals surface area contributed by atoms with E-state index in [4.69, 9.17) is 20.8 Å². The number of carboxylic acids is 1. The lowest BCUT2D eigenvalue weighted by molar-refractivity contribution is -0.156. The maximum atomic E-state index is 15.1. The van der Waals surface area contributed by atoms with Crippen LogP contribution in [0.2, 0.25) is 23.2 Å². The normalized spacial score (nSPS) is 16.5. The van der Waals surface area contributed by atoms with Gasteiger partial charge >= 0.3 is 11.9 Å². The Labute approximate surface area is 330 Å². The smallest absolute Gasteiger partial charge is 0.356 e. The standard InChI is InChI=1S/C44H49ClNO7PSi/c1-8-26-52-43(51)42(54(33-18-12-9-13-19-33,34-20-14-10-15-21-34)35-22-16-11-17-23-35)46-37(40(41(46)50)30(2)53-55(6,7)44(3,4)5)29-38(47)32-25-24-31(28-39(48)49)36(45)27-32/h8-25,27,30,37,40H,1,26,28-29H2,2-7H3,(H,48,49)/t30-,37-,40-/m1/s1. The summed E-state index contributed by atoms with van der Waals surface area (Å²) in [6.07, 6.45) is 0.440. The zero-order valence-corrected chi connectivity index (χ0v) is 34.8. The van der Waals surface area contributed by atoms with Crippen molar-refractivity contribution in [1.82, 2.24) is 4.90 Å². The second-order valence-electron chi connectivity index (χ2n) is 15.3. The number of carbonyl (C=O) groups is 4. The molecule has 0 aliphatic carbocycles. The first-order chi connectivity index (χ1) is 26.0. The third kappa shape index (κ3) is 8.51. The maximum Gasteiger partial charge on any atom is 0.356 e. The van der Waals surface area contributed by atoms with E-state index in [-0.39, 0.29) is 52.2 Å². The molecule has 1 saturated heterocycles. The quantitative estimate of drug-likeness (QED) is 0.0329. The Hall–Kier alpha value is -4.53. The zero-order valence-electron chi connectivity index (χ0n) is 32.2. The van der Waals surface area contributed by atoms with Gasteiger partial charge in [-0.1, -0.05) is 148 Å². The molecule has 1 fully saturated rings. The minimum atomic E-state index is -3.23. The molecule has 288 valence electrons. The van der Waals surface area contributed by atoms with Crippen molar-refractivity contribution in [2.24, 2.45) is 5.92 Å². The van der Waals surface area contributed by atoms with Crippen LogP contribution in [0.1, 0.15) is 50.0 Å². The molecule has 8 nitrogen and oxygen atoms in total. The van der Waals surface area contributed by atoms with Gasteiger partial charge in [0.15, 0.2) is 14.1 Å². The molecular formula is C44H49ClNO7PSi. The van der Waals surface area contributed by atoms with Crippen LogP contribution in [0.5, 0.6) is 0 Å². The van der Waals surface area contributed by atoms with E-state index < -0.39 is 45.2 Å². The summed E-state index contributed by atoms with van der Waals surface area (Å²) >= 11 is 6.49. The minimum absolute atomic E-state index is 0.0954. The molecule has 11 heteroatoms. The fourth-order valence-electron chi connectivity index (χ4n) is 6.97. The minimum Gasteiger partial charge on any atom is -0.481 e. The van der Waals surface area contributed by atoms with E-state index >= 15 is 4.79 Å². The number of nitrogens with zero attached hydrogens (tertiary/aromatic N) is 1. The van der Waals surface area contributed by atoms with Crippen LogP contribution in [0.25, 0.3) is 0 Å². The molecule has 1 N–H and O–H groups in total. The average Bonchev–Trinajstić information content (AvgIpc) is 3.14. The van der Waals surface area contributed by atoms with Crippen LogP contribution in [0, 0.1) is 5.92 Å². The number of hydrogen-bond acceptors (Lipinski definition) is 6. The fraction of sp³-hybridized carbons (Fsp3) is 0.295. The van der Waals surface area contributed by atoms with Crippen molar-refractivity contribution in [1.29, 1.82) is 0 Å². The number of halogens is 1. The molecule has 3 atom stereocenters. The highest BCUT2D eigenvalue weighted by Crippen LogP contribution is 2.51. The summed E-state index contributed by atoms with van der Waals surface area (Å²) < 4.78 is 12.7. The van der Waals surface area contributed by atoms with E-state index in [1.807, 2.05) is 97.9 Å². The van der Waals surface area contributed by atoms with Crippen molar-refractivity contribution < 1.29 is 33.4 Å². The van der Waals surface area contributed by atoms with Crippen molar-refractivity contribution in [3.05, 3.63) is 138 Å². The Morgan fingerprint density at radius 3 is 1.85 bits per heavy atom. The molecular weight excluding hydrogens is 749 g/mol. The van der Waals surface area contributed by atoms with Crippen molar-refractivity contribution >= 4 is 71.8 Å². The summed E-state index contributed by atoms with van der Waals surface area (Å²) in [6, 6.07) is 32.8. The number of β-lactam (4-membered cyclic amide) rings is 1. The molecule has 5 rings (SSSR count). The van der Waals surface area contributed by atoms with Gasteiger partial charge in [0.1, 0.15) is 12.0 Å². The number of ether oxygens (including phenoxy) is 1. The number of carboxylic acid groups (broad SMARTS) is 1. The van der Waals surface area contributed by atoms with E-state index in [2.05, 4.69) is 40.4 Å². The van der Waals surface area contributed by atoms with Gasteiger partial charge in [0.25, 0.3) is 0 Å². The van der Waals surface area contributed by atoms with Gasteiger partial charge < -0.3 is 19.2 Å². The van der Waals surface area contributed by atoms with Gasteiger partial charge in [0.05, 0.1) is 24.5 Å². The largest absolute Gasteiger partial charge is 0.481 e. The molecule has 55 heavy (non-hydrogen) atoms. The lowest BCUT2D eigenvalue weighted by Crippen LogP contribution is -2.69. The predicted octanol–water partition coefficient (Wildman–Crippen LogP) is 7.63. The number of amides is 1. The van der Waals surface area contributed by atoms with Crippen LogP contribution in [-0.4, -0.2) is 66.1 Å². The first-order valence-corrected chi connectivity index (χ1v) is 23.4. The molecule has 0 spiro atoms. The van der Waals surface area contributed by atoms with E-state index in [0.717, 1.165) is 15.9 Å². The fourth-order valence-corrected chi connectivity index (χ4v) is 13.0. The average molecular weight is 798 g/mol. The van der Waals surface area contributed by atoms with E-state index in [0.29, 0.717) is 5.56 Å². The molecule has 1 aliphatic rings. The highest BCUT2D eigenvalue weighted by Gasteiger charge is 2.57. The molecule has 4 aromatic carbocycles. The Kier molecular flexibility index (Phi) is 12.9. The number of ketones is 1. The number of hydrogen-bond donors (Lipinski definition) is 1. The first-order valence-electron chi connectivity index (χ1n) is 18.3. The lowest BCUT2D eigenvalue weighted by Gasteiger charge is -2.53. The highest BCUT2D eigenvalue weighted by atomic mass is 35.5. The van der Waals surface area contributed by atoms with Gasteiger partial charge in [-0.05, 0) is 52.6 Å². The van der Waals surface area contributed by atoms with Crippen LogP contribution < -0.4 is 15.9 Å². The van der Waals surface area contributed by atoms with Gasteiger partial charge in [-0.15, -0.1) is 0 Å². The number of Topliss-reactive ketones (excluding diaryl/α,β-unsaturated/α-hetero) is 1. The Bertz CT molecular complexity index is 2010. The van der Waals surface area contributed by atoms with Crippen molar-refractivity contribution in [3.63, 3.8) is 0 Å². The summed E-state index contributed by atoms with van der Waals surface area (Å²) in [4.78, 5) is 57.3.